The van der Waals surface area contributed by atoms with E-state index in [0.717, 1.165) is 12.1 Å². The van der Waals surface area contributed by atoms with Gasteiger partial charge in [0, 0.05) is 18.7 Å². The normalized spacial score (nSPS) is 10.3. The van der Waals surface area contributed by atoms with Crippen molar-refractivity contribution in [3.8, 4) is 0 Å². The first kappa shape index (κ1) is 15.2. The van der Waals surface area contributed by atoms with Crippen LogP contribution in [0.5, 0.6) is 0 Å². The van der Waals surface area contributed by atoms with Crippen LogP contribution in [0.3, 0.4) is 0 Å². The topological polar surface area (TPSA) is 61.4 Å². The summed E-state index contributed by atoms with van der Waals surface area (Å²) in [5.41, 5.74) is 1.50. The van der Waals surface area contributed by atoms with Gasteiger partial charge < -0.3 is 15.5 Å². The fraction of sp³-hybridized carbons (Fsp3) is 0.429. The van der Waals surface area contributed by atoms with Gasteiger partial charge >= 0.3 is 0 Å². The second kappa shape index (κ2) is 7.53. The molecule has 104 valence electrons. The van der Waals surface area contributed by atoms with Crippen LogP contribution in [0.15, 0.2) is 24.3 Å². The number of carbonyl (C=O) groups excluding carboxylic acids is 2. The van der Waals surface area contributed by atoms with Gasteiger partial charge in [-0.15, -0.1) is 0 Å². The van der Waals surface area contributed by atoms with E-state index in [0.29, 0.717) is 12.1 Å². The zero-order valence-corrected chi connectivity index (χ0v) is 11.7. The Morgan fingerprint density at radius 1 is 1.16 bits per heavy atom. The molecule has 0 aliphatic rings. The van der Waals surface area contributed by atoms with Crippen molar-refractivity contribution < 1.29 is 9.59 Å². The summed E-state index contributed by atoms with van der Waals surface area (Å²) in [6.07, 6.45) is 0. The SMILES string of the molecule is Cc1ccccc1C(=O)NCC(=O)NCCN(C)C. The number of hydrogen-bond acceptors (Lipinski definition) is 3. The third-order valence-electron chi connectivity index (χ3n) is 2.68. The molecular weight excluding hydrogens is 242 g/mol. The fourth-order valence-electron chi connectivity index (χ4n) is 1.56. The van der Waals surface area contributed by atoms with Gasteiger partial charge in [0.05, 0.1) is 6.54 Å². The highest BCUT2D eigenvalue weighted by Gasteiger charge is 2.09. The molecule has 5 nitrogen and oxygen atoms in total. The van der Waals surface area contributed by atoms with Crippen molar-refractivity contribution in [3.63, 3.8) is 0 Å². The van der Waals surface area contributed by atoms with Crippen LogP contribution in [0.25, 0.3) is 0 Å². The fourth-order valence-corrected chi connectivity index (χ4v) is 1.56. The molecule has 2 N–H and O–H groups in total. The third-order valence-corrected chi connectivity index (χ3v) is 2.68. The first-order chi connectivity index (χ1) is 9.00. The highest BCUT2D eigenvalue weighted by Crippen LogP contribution is 2.05. The number of rotatable bonds is 6. The smallest absolute Gasteiger partial charge is 0.251 e. The lowest BCUT2D eigenvalue weighted by molar-refractivity contribution is -0.120. The van der Waals surface area contributed by atoms with Gasteiger partial charge in [-0.25, -0.2) is 0 Å². The molecule has 1 aromatic rings. The molecule has 0 aliphatic heterocycles. The van der Waals surface area contributed by atoms with Crippen LogP contribution in [-0.2, 0) is 4.79 Å². The first-order valence-electron chi connectivity index (χ1n) is 6.26. The second-order valence-corrected chi connectivity index (χ2v) is 4.65. The standard InChI is InChI=1S/C14H21N3O2/c1-11-6-4-5-7-12(11)14(19)16-10-13(18)15-8-9-17(2)3/h4-7H,8-10H2,1-3H3,(H,15,18)(H,16,19). The van der Waals surface area contributed by atoms with Gasteiger partial charge in [-0.1, -0.05) is 18.2 Å². The summed E-state index contributed by atoms with van der Waals surface area (Å²) in [5, 5.41) is 5.35. The molecule has 0 unspecified atom stereocenters. The van der Waals surface area contributed by atoms with Crippen molar-refractivity contribution in [2.45, 2.75) is 6.92 Å². The molecule has 0 bridgehead atoms. The van der Waals surface area contributed by atoms with E-state index in [-0.39, 0.29) is 18.4 Å². The van der Waals surface area contributed by atoms with Crippen molar-refractivity contribution in [2.24, 2.45) is 0 Å². The Morgan fingerprint density at radius 2 is 1.84 bits per heavy atom. The van der Waals surface area contributed by atoms with Crippen molar-refractivity contribution >= 4 is 11.8 Å². The lowest BCUT2D eigenvalue weighted by atomic mass is 10.1. The summed E-state index contributed by atoms with van der Waals surface area (Å²) in [6, 6.07) is 7.29. The average Bonchev–Trinajstić information content (AvgIpc) is 2.36. The number of hydrogen-bond donors (Lipinski definition) is 2. The Bertz CT molecular complexity index is 444. The maximum atomic E-state index is 11.9. The number of amides is 2. The summed E-state index contributed by atoms with van der Waals surface area (Å²) < 4.78 is 0. The molecule has 0 saturated carbocycles. The van der Waals surface area contributed by atoms with Gasteiger partial charge in [0.15, 0.2) is 0 Å². The van der Waals surface area contributed by atoms with Crippen molar-refractivity contribution in [1.82, 2.24) is 15.5 Å². The summed E-state index contributed by atoms with van der Waals surface area (Å²) in [7, 11) is 3.87. The van der Waals surface area contributed by atoms with Crippen LogP contribution in [0.4, 0.5) is 0 Å². The van der Waals surface area contributed by atoms with Crippen molar-refractivity contribution in [2.75, 3.05) is 33.7 Å². The lowest BCUT2D eigenvalue weighted by Gasteiger charge is -2.11. The molecule has 1 aromatic carbocycles. The van der Waals surface area contributed by atoms with Gasteiger partial charge in [-0.3, -0.25) is 9.59 Å². The maximum absolute atomic E-state index is 11.9. The summed E-state index contributed by atoms with van der Waals surface area (Å²) >= 11 is 0. The number of benzene rings is 1. The first-order valence-corrected chi connectivity index (χ1v) is 6.26. The molecule has 0 heterocycles. The predicted molar refractivity (Wildman–Crippen MR) is 75.1 cm³/mol. The van der Waals surface area contributed by atoms with Gasteiger partial charge in [0.2, 0.25) is 5.91 Å². The summed E-state index contributed by atoms with van der Waals surface area (Å²) in [6.45, 7) is 3.22. The lowest BCUT2D eigenvalue weighted by Crippen LogP contribution is -2.39. The van der Waals surface area contributed by atoms with Crippen LogP contribution < -0.4 is 10.6 Å². The van der Waals surface area contributed by atoms with Crippen LogP contribution in [-0.4, -0.2) is 50.4 Å². The van der Waals surface area contributed by atoms with Crippen LogP contribution >= 0.6 is 0 Å². The van der Waals surface area contributed by atoms with Gasteiger partial charge in [-0.05, 0) is 32.6 Å². The van der Waals surface area contributed by atoms with Gasteiger partial charge in [0.1, 0.15) is 0 Å². The Hall–Kier alpha value is -1.88. The molecule has 0 aliphatic carbocycles. The molecule has 0 atom stereocenters. The monoisotopic (exact) mass is 263 g/mol. The molecule has 5 heteroatoms. The quantitative estimate of drug-likeness (QED) is 0.781. The largest absolute Gasteiger partial charge is 0.353 e. The highest BCUT2D eigenvalue weighted by atomic mass is 16.2. The second-order valence-electron chi connectivity index (χ2n) is 4.65. The van der Waals surface area contributed by atoms with E-state index in [2.05, 4.69) is 10.6 Å². The summed E-state index contributed by atoms with van der Waals surface area (Å²) in [4.78, 5) is 25.3. The molecule has 0 fully saturated rings. The zero-order valence-electron chi connectivity index (χ0n) is 11.7. The van der Waals surface area contributed by atoms with E-state index in [9.17, 15) is 9.59 Å². The number of likely N-dealkylation sites (N-methyl/N-ethyl adjacent to an activating group) is 1. The minimum absolute atomic E-state index is 0.000591. The number of nitrogens with one attached hydrogen (secondary N) is 2. The van der Waals surface area contributed by atoms with Gasteiger partial charge in [-0.2, -0.15) is 0 Å². The van der Waals surface area contributed by atoms with Crippen LogP contribution in [0.2, 0.25) is 0 Å². The minimum atomic E-state index is -0.221. The number of aryl methyl sites for hydroxylation is 1. The van der Waals surface area contributed by atoms with E-state index in [1.54, 1.807) is 12.1 Å². The molecule has 1 rings (SSSR count). The number of nitrogens with zero attached hydrogens (tertiary/aromatic N) is 1. The van der Waals surface area contributed by atoms with E-state index in [1.807, 2.05) is 38.1 Å². The Morgan fingerprint density at radius 3 is 2.47 bits per heavy atom. The third kappa shape index (κ3) is 5.52. The van der Waals surface area contributed by atoms with Crippen LogP contribution in [0.1, 0.15) is 15.9 Å². The molecule has 0 saturated heterocycles. The van der Waals surface area contributed by atoms with E-state index < -0.39 is 0 Å². The highest BCUT2D eigenvalue weighted by molar-refractivity contribution is 5.97. The van der Waals surface area contributed by atoms with Crippen LogP contribution in [0, 0.1) is 6.92 Å². The molecule has 0 radical (unpaired) electrons. The van der Waals surface area contributed by atoms with Crippen molar-refractivity contribution in [3.05, 3.63) is 35.4 Å². The molecule has 0 spiro atoms. The predicted octanol–water partition coefficient (Wildman–Crippen LogP) is 0.403. The maximum Gasteiger partial charge on any atom is 0.251 e. The minimum Gasteiger partial charge on any atom is -0.353 e. The Labute approximate surface area is 114 Å². The van der Waals surface area contributed by atoms with E-state index >= 15 is 0 Å². The van der Waals surface area contributed by atoms with Crippen molar-refractivity contribution in [1.29, 1.82) is 0 Å². The Kier molecular flexibility index (Phi) is 6.02. The molecular formula is C14H21N3O2. The molecule has 0 aromatic heterocycles. The van der Waals surface area contributed by atoms with E-state index in [1.165, 1.54) is 0 Å². The van der Waals surface area contributed by atoms with E-state index in [4.69, 9.17) is 0 Å². The summed E-state index contributed by atoms with van der Waals surface area (Å²) in [5.74, 6) is -0.398. The zero-order chi connectivity index (χ0) is 14.3. The molecule has 2 amide bonds. The molecule has 19 heavy (non-hydrogen) atoms. The number of carbonyl (C=O) groups is 2. The average molecular weight is 263 g/mol. The van der Waals surface area contributed by atoms with Gasteiger partial charge in [0.25, 0.3) is 5.91 Å². The Balaban J connectivity index is 2.34.